The van der Waals surface area contributed by atoms with Gasteiger partial charge in [0.2, 0.25) is 0 Å². The molecule has 1 amide bonds. The Morgan fingerprint density at radius 1 is 1.25 bits per heavy atom. The molecule has 5 nitrogen and oxygen atoms in total. The van der Waals surface area contributed by atoms with Gasteiger partial charge in [-0.15, -0.1) is 0 Å². The molecule has 0 bridgehead atoms. The van der Waals surface area contributed by atoms with Crippen molar-refractivity contribution in [3.63, 3.8) is 0 Å². The van der Waals surface area contributed by atoms with Gasteiger partial charge >= 0.3 is 0 Å². The Bertz CT molecular complexity index is 691. The smallest absolute Gasteiger partial charge is 0.273 e. The Hall–Kier alpha value is -2.03. The molecule has 0 spiro atoms. The first kappa shape index (κ1) is 14.4. The van der Waals surface area contributed by atoms with E-state index in [1.165, 1.54) is 0 Å². The Morgan fingerprint density at radius 3 is 2.60 bits per heavy atom. The monoisotopic (exact) mass is 386 g/mol. The summed E-state index contributed by atoms with van der Waals surface area (Å²) in [6, 6.07) is 9.79. The number of amides is 1. The second-order valence-electron chi connectivity index (χ2n) is 3.89. The normalized spacial score (nSPS) is 10.1. The number of nitro groups is 1. The molecule has 0 radical (unpaired) electrons. The standard InChI is InChI=1S/C13H8FIN2O3/c14-9-5-8(6-10(7-9)17(19)20)13(18)16-12-4-2-1-3-11(12)15/h1-7H,(H,16,18). The largest absolute Gasteiger partial charge is 0.321 e. The van der Waals surface area contributed by atoms with Crippen LogP contribution in [0.1, 0.15) is 10.4 Å². The zero-order valence-electron chi connectivity index (χ0n) is 9.97. The Labute approximate surface area is 127 Å². The number of benzene rings is 2. The van der Waals surface area contributed by atoms with E-state index in [-0.39, 0.29) is 5.56 Å². The number of nitrogens with one attached hydrogen (secondary N) is 1. The minimum atomic E-state index is -0.827. The molecule has 0 heterocycles. The first-order valence-corrected chi connectivity index (χ1v) is 6.56. The highest BCUT2D eigenvalue weighted by atomic mass is 127. The number of non-ortho nitro benzene ring substituents is 1. The van der Waals surface area contributed by atoms with Gasteiger partial charge in [0.15, 0.2) is 0 Å². The third-order valence-corrected chi connectivity index (χ3v) is 3.42. The molecule has 0 aliphatic carbocycles. The number of para-hydroxylation sites is 1. The Balaban J connectivity index is 2.30. The zero-order valence-corrected chi connectivity index (χ0v) is 12.1. The lowest BCUT2D eigenvalue weighted by Crippen LogP contribution is -2.13. The molecule has 0 unspecified atom stereocenters. The van der Waals surface area contributed by atoms with Gasteiger partial charge in [0.1, 0.15) is 5.82 Å². The quantitative estimate of drug-likeness (QED) is 0.498. The number of nitrogens with zero attached hydrogens (tertiary/aromatic N) is 1. The topological polar surface area (TPSA) is 72.2 Å². The molecule has 0 aliphatic heterocycles. The molecule has 1 N–H and O–H groups in total. The van der Waals surface area contributed by atoms with Crippen LogP contribution in [0.5, 0.6) is 0 Å². The van der Waals surface area contributed by atoms with Gasteiger partial charge in [-0.05, 0) is 40.8 Å². The summed E-state index contributed by atoms with van der Waals surface area (Å²) < 4.78 is 14.1. The number of hydrogen-bond donors (Lipinski definition) is 1. The van der Waals surface area contributed by atoms with E-state index >= 15 is 0 Å². The van der Waals surface area contributed by atoms with E-state index in [0.29, 0.717) is 5.69 Å². The number of hydrogen-bond acceptors (Lipinski definition) is 3. The van der Waals surface area contributed by atoms with E-state index in [0.717, 1.165) is 21.8 Å². The minimum Gasteiger partial charge on any atom is -0.321 e. The summed E-state index contributed by atoms with van der Waals surface area (Å²) in [6.07, 6.45) is 0. The molecule has 20 heavy (non-hydrogen) atoms. The lowest BCUT2D eigenvalue weighted by atomic mass is 10.1. The highest BCUT2D eigenvalue weighted by molar-refractivity contribution is 14.1. The van der Waals surface area contributed by atoms with Crippen molar-refractivity contribution in [1.82, 2.24) is 0 Å². The number of nitro benzene ring substituents is 1. The van der Waals surface area contributed by atoms with Crippen LogP contribution in [-0.4, -0.2) is 10.8 Å². The number of rotatable bonds is 3. The van der Waals surface area contributed by atoms with Gasteiger partial charge in [-0.25, -0.2) is 4.39 Å². The second-order valence-corrected chi connectivity index (χ2v) is 5.05. The van der Waals surface area contributed by atoms with Gasteiger partial charge < -0.3 is 5.32 Å². The van der Waals surface area contributed by atoms with Gasteiger partial charge in [-0.3, -0.25) is 14.9 Å². The average molecular weight is 386 g/mol. The van der Waals surface area contributed by atoms with E-state index in [1.54, 1.807) is 18.2 Å². The highest BCUT2D eigenvalue weighted by Gasteiger charge is 2.15. The molecule has 0 saturated heterocycles. The van der Waals surface area contributed by atoms with E-state index in [4.69, 9.17) is 0 Å². The predicted octanol–water partition coefficient (Wildman–Crippen LogP) is 3.59. The molecule has 2 aromatic rings. The molecule has 0 saturated carbocycles. The maximum atomic E-state index is 13.3. The van der Waals surface area contributed by atoms with Gasteiger partial charge in [0.05, 0.1) is 16.7 Å². The summed E-state index contributed by atoms with van der Waals surface area (Å²) in [6.45, 7) is 0. The van der Waals surface area contributed by atoms with Crippen molar-refractivity contribution < 1.29 is 14.1 Å². The summed E-state index contributed by atoms with van der Waals surface area (Å²) in [5.74, 6) is -1.43. The molecular formula is C13H8FIN2O3. The minimum absolute atomic E-state index is 0.101. The lowest BCUT2D eigenvalue weighted by molar-refractivity contribution is -0.385. The van der Waals surface area contributed by atoms with Gasteiger partial charge in [-0.2, -0.15) is 0 Å². The fraction of sp³-hybridized carbons (Fsp3) is 0. The van der Waals surface area contributed by atoms with Crippen LogP contribution in [0.2, 0.25) is 0 Å². The summed E-state index contributed by atoms with van der Waals surface area (Å²) in [4.78, 5) is 21.9. The second kappa shape index (κ2) is 5.95. The van der Waals surface area contributed by atoms with E-state index in [2.05, 4.69) is 5.32 Å². The van der Waals surface area contributed by atoms with Crippen molar-refractivity contribution in [2.24, 2.45) is 0 Å². The van der Waals surface area contributed by atoms with Crippen LogP contribution in [0.15, 0.2) is 42.5 Å². The van der Waals surface area contributed by atoms with Crippen LogP contribution >= 0.6 is 22.6 Å². The van der Waals surface area contributed by atoms with Crippen LogP contribution in [0.3, 0.4) is 0 Å². The fourth-order valence-corrected chi connectivity index (χ4v) is 2.09. The van der Waals surface area contributed by atoms with Crippen LogP contribution < -0.4 is 5.32 Å². The maximum absolute atomic E-state index is 13.3. The van der Waals surface area contributed by atoms with Crippen molar-refractivity contribution in [1.29, 1.82) is 0 Å². The van der Waals surface area contributed by atoms with Crippen LogP contribution in [-0.2, 0) is 0 Å². The first-order valence-electron chi connectivity index (χ1n) is 5.48. The van der Waals surface area contributed by atoms with E-state index < -0.39 is 22.3 Å². The molecule has 0 aliphatic rings. The zero-order chi connectivity index (χ0) is 14.7. The molecule has 0 fully saturated rings. The summed E-state index contributed by atoms with van der Waals surface area (Å²) in [5.41, 5.74) is -0.000670. The molecule has 0 aromatic heterocycles. The predicted molar refractivity (Wildman–Crippen MR) is 80.2 cm³/mol. The Kier molecular flexibility index (Phi) is 4.28. The van der Waals surface area contributed by atoms with Gasteiger partial charge in [0.25, 0.3) is 11.6 Å². The van der Waals surface area contributed by atoms with Crippen molar-refractivity contribution in [3.8, 4) is 0 Å². The number of halogens is 2. The summed E-state index contributed by atoms with van der Waals surface area (Å²) in [7, 11) is 0. The van der Waals surface area contributed by atoms with Crippen molar-refractivity contribution in [3.05, 3.63) is 67.5 Å². The third kappa shape index (κ3) is 3.29. The lowest BCUT2D eigenvalue weighted by Gasteiger charge is -2.07. The molecule has 2 rings (SSSR count). The SMILES string of the molecule is O=C(Nc1ccccc1I)c1cc(F)cc([N+](=O)[O-])c1. The first-order chi connectivity index (χ1) is 9.47. The molecule has 7 heteroatoms. The van der Waals surface area contributed by atoms with Crippen LogP contribution in [0.4, 0.5) is 15.8 Å². The number of carbonyl (C=O) groups is 1. The molecule has 102 valence electrons. The molecule has 0 atom stereocenters. The van der Waals surface area contributed by atoms with Crippen LogP contribution in [0, 0.1) is 19.5 Å². The number of anilines is 1. The van der Waals surface area contributed by atoms with Crippen molar-refractivity contribution >= 4 is 39.9 Å². The molecular weight excluding hydrogens is 378 g/mol. The van der Waals surface area contributed by atoms with E-state index in [9.17, 15) is 19.3 Å². The average Bonchev–Trinajstić information content (AvgIpc) is 2.40. The summed E-state index contributed by atoms with van der Waals surface area (Å²) >= 11 is 2.04. The van der Waals surface area contributed by atoms with Gasteiger partial charge in [0, 0.05) is 15.2 Å². The summed E-state index contributed by atoms with van der Waals surface area (Å²) in [5, 5.41) is 13.2. The van der Waals surface area contributed by atoms with Gasteiger partial charge in [-0.1, -0.05) is 12.1 Å². The highest BCUT2D eigenvalue weighted by Crippen LogP contribution is 2.20. The third-order valence-electron chi connectivity index (χ3n) is 2.48. The van der Waals surface area contributed by atoms with Crippen molar-refractivity contribution in [2.75, 3.05) is 5.32 Å². The Morgan fingerprint density at radius 2 is 1.95 bits per heavy atom. The maximum Gasteiger partial charge on any atom is 0.273 e. The van der Waals surface area contributed by atoms with E-state index in [1.807, 2.05) is 28.7 Å². The fourth-order valence-electron chi connectivity index (χ4n) is 1.57. The van der Waals surface area contributed by atoms with Crippen LogP contribution in [0.25, 0.3) is 0 Å². The number of carbonyl (C=O) groups excluding carboxylic acids is 1. The molecule has 2 aromatic carbocycles. The van der Waals surface area contributed by atoms with Crippen molar-refractivity contribution in [2.45, 2.75) is 0 Å².